The molecule has 0 spiro atoms. The average Bonchev–Trinajstić information content (AvgIpc) is 2.52. The van der Waals surface area contributed by atoms with Crippen LogP contribution in [0.15, 0.2) is 0 Å². The second kappa shape index (κ2) is 13.5. The van der Waals surface area contributed by atoms with E-state index in [1.807, 2.05) is 6.92 Å². The predicted octanol–water partition coefficient (Wildman–Crippen LogP) is 4.11. The van der Waals surface area contributed by atoms with Gasteiger partial charge in [0.25, 0.3) is 8.96 Å². The van der Waals surface area contributed by atoms with E-state index in [1.165, 1.54) is 0 Å². The Bertz CT molecular complexity index is 375. The van der Waals surface area contributed by atoms with E-state index in [-0.39, 0.29) is 27.0 Å². The molecule has 0 aromatic carbocycles. The summed E-state index contributed by atoms with van der Waals surface area (Å²) in [5.74, 6) is -0.124. The standard InChI is InChI=1S/C17H34N2O4P/c1-6-21-17(20)11-8-7-9-14-23-24-19(15(2)3,16(4)5)22-13-10-12-18/h15-16,24H,6-11,13-14H2,1-5H3/q+1. The molecule has 1 atom stereocenters. The number of unbranched alkanes of at least 4 members (excludes halogenated alkanes) is 2. The fourth-order valence-electron chi connectivity index (χ4n) is 2.37. The Labute approximate surface area is 148 Å². The van der Waals surface area contributed by atoms with Crippen molar-refractivity contribution in [2.75, 3.05) is 19.8 Å². The van der Waals surface area contributed by atoms with Crippen molar-refractivity contribution in [3.63, 3.8) is 0 Å². The summed E-state index contributed by atoms with van der Waals surface area (Å²) in [7, 11) is 0.187. The summed E-state index contributed by atoms with van der Waals surface area (Å²) in [5, 5.41) is 8.71. The third-order valence-corrected chi connectivity index (χ3v) is 5.47. The number of rotatable bonds is 14. The molecule has 0 aliphatic heterocycles. The van der Waals surface area contributed by atoms with Crippen molar-refractivity contribution in [1.29, 1.82) is 5.26 Å². The van der Waals surface area contributed by atoms with Gasteiger partial charge in [-0.05, 0) is 47.5 Å². The molecule has 0 aliphatic rings. The van der Waals surface area contributed by atoms with Gasteiger partial charge in [0.05, 0.1) is 25.7 Å². The Kier molecular flexibility index (Phi) is 13.1. The lowest BCUT2D eigenvalue weighted by Crippen LogP contribution is -2.51. The summed E-state index contributed by atoms with van der Waals surface area (Å²) in [6.07, 6.45) is 3.56. The maximum atomic E-state index is 11.2. The van der Waals surface area contributed by atoms with Crippen molar-refractivity contribution in [3.05, 3.63) is 0 Å². The fraction of sp³-hybridized carbons (Fsp3) is 0.882. The lowest BCUT2D eigenvalue weighted by molar-refractivity contribution is -1.04. The Morgan fingerprint density at radius 3 is 2.33 bits per heavy atom. The molecule has 0 bridgehead atoms. The molecular formula is C17H34N2O4P+. The van der Waals surface area contributed by atoms with Crippen LogP contribution in [0.1, 0.15) is 66.7 Å². The predicted molar refractivity (Wildman–Crippen MR) is 96.1 cm³/mol. The minimum atomic E-state index is -0.124. The van der Waals surface area contributed by atoms with Gasteiger partial charge < -0.3 is 9.26 Å². The first-order valence-corrected chi connectivity index (χ1v) is 9.70. The second-order valence-corrected chi connectivity index (χ2v) is 7.36. The van der Waals surface area contributed by atoms with Gasteiger partial charge in [-0.1, -0.05) is 6.42 Å². The van der Waals surface area contributed by atoms with Gasteiger partial charge in [-0.15, -0.1) is 4.42 Å². The number of hydrogen-bond donors (Lipinski definition) is 0. The van der Waals surface area contributed by atoms with Gasteiger partial charge in [0, 0.05) is 6.42 Å². The van der Waals surface area contributed by atoms with Crippen LogP contribution in [0.5, 0.6) is 0 Å². The molecule has 0 saturated heterocycles. The number of quaternary nitrogens is 1. The first-order valence-electron chi connectivity index (χ1n) is 8.85. The maximum Gasteiger partial charge on any atom is 0.305 e. The molecule has 0 N–H and O–H groups in total. The first kappa shape index (κ1) is 23.3. The van der Waals surface area contributed by atoms with Crippen LogP contribution >= 0.6 is 8.96 Å². The molecule has 0 rings (SSSR count). The van der Waals surface area contributed by atoms with E-state index in [9.17, 15) is 4.79 Å². The zero-order chi connectivity index (χ0) is 18.4. The molecule has 7 heteroatoms. The highest BCUT2D eigenvalue weighted by Crippen LogP contribution is 2.38. The number of carbonyl (C=O) groups is 1. The van der Waals surface area contributed by atoms with E-state index in [2.05, 4.69) is 33.8 Å². The number of nitriles is 1. The molecule has 6 nitrogen and oxygen atoms in total. The van der Waals surface area contributed by atoms with Crippen molar-refractivity contribution in [2.45, 2.75) is 78.8 Å². The third kappa shape index (κ3) is 8.94. The Morgan fingerprint density at radius 2 is 1.79 bits per heavy atom. The number of nitrogens with zero attached hydrogens (tertiary/aromatic N) is 2. The van der Waals surface area contributed by atoms with Crippen LogP contribution in [-0.2, 0) is 18.9 Å². The molecule has 0 amide bonds. The van der Waals surface area contributed by atoms with Gasteiger partial charge >= 0.3 is 5.97 Å². The molecule has 0 saturated carbocycles. The van der Waals surface area contributed by atoms with E-state index in [4.69, 9.17) is 19.4 Å². The molecule has 1 unspecified atom stereocenters. The maximum absolute atomic E-state index is 11.2. The Hall–Kier alpha value is -0.730. The van der Waals surface area contributed by atoms with Gasteiger partial charge in [0.1, 0.15) is 18.7 Å². The van der Waals surface area contributed by atoms with Crippen molar-refractivity contribution >= 4 is 14.9 Å². The fourth-order valence-corrected chi connectivity index (χ4v) is 3.38. The Balaban J connectivity index is 4.14. The van der Waals surface area contributed by atoms with Crippen molar-refractivity contribution in [3.8, 4) is 6.07 Å². The van der Waals surface area contributed by atoms with Gasteiger partial charge in [-0.3, -0.25) is 4.79 Å². The van der Waals surface area contributed by atoms with E-state index in [1.54, 1.807) is 0 Å². The molecule has 0 aromatic heterocycles. The number of carbonyl (C=O) groups excluding carboxylic acids is 1. The van der Waals surface area contributed by atoms with E-state index < -0.39 is 0 Å². The quantitative estimate of drug-likeness (QED) is 0.201. The van der Waals surface area contributed by atoms with E-state index in [0.717, 1.165) is 19.3 Å². The summed E-state index contributed by atoms with van der Waals surface area (Å²) in [4.78, 5) is 17.3. The minimum absolute atomic E-state index is 0.124. The van der Waals surface area contributed by atoms with Crippen LogP contribution < -0.4 is 0 Å². The number of ether oxygens (including phenoxy) is 1. The highest BCUT2D eigenvalue weighted by Gasteiger charge is 2.39. The molecule has 0 aliphatic carbocycles. The third-order valence-electron chi connectivity index (χ3n) is 3.69. The van der Waals surface area contributed by atoms with Gasteiger partial charge in [0.15, 0.2) is 0 Å². The summed E-state index contributed by atoms with van der Waals surface area (Å²) >= 11 is 0. The summed E-state index contributed by atoms with van der Waals surface area (Å²) in [6, 6.07) is 2.63. The van der Waals surface area contributed by atoms with Gasteiger partial charge in [-0.2, -0.15) is 10.1 Å². The van der Waals surface area contributed by atoms with Crippen LogP contribution in [0.3, 0.4) is 0 Å². The van der Waals surface area contributed by atoms with E-state index in [0.29, 0.717) is 37.1 Å². The van der Waals surface area contributed by atoms with Crippen molar-refractivity contribution in [2.24, 2.45) is 0 Å². The molecule has 24 heavy (non-hydrogen) atoms. The van der Waals surface area contributed by atoms with Crippen LogP contribution in [0.4, 0.5) is 0 Å². The SMILES string of the molecule is CCOC(=O)CCCCCOP[N+](OCCC#N)(C(C)C)C(C)C. The van der Waals surface area contributed by atoms with Crippen LogP contribution in [0, 0.1) is 11.3 Å². The second-order valence-electron chi connectivity index (χ2n) is 6.19. The van der Waals surface area contributed by atoms with Crippen molar-refractivity contribution < 1.29 is 23.3 Å². The van der Waals surface area contributed by atoms with Gasteiger partial charge in [-0.25, -0.2) is 0 Å². The Morgan fingerprint density at radius 1 is 1.12 bits per heavy atom. The normalized spacial score (nSPS) is 12.2. The van der Waals surface area contributed by atoms with Gasteiger partial charge in [0.2, 0.25) is 0 Å². The average molecular weight is 361 g/mol. The summed E-state index contributed by atoms with van der Waals surface area (Å²) in [5.41, 5.74) is 0. The number of hydrogen-bond acceptors (Lipinski definition) is 5. The molecule has 0 fully saturated rings. The number of hydroxylamine groups is 2. The molecule has 0 radical (unpaired) electrons. The minimum Gasteiger partial charge on any atom is -0.466 e. The zero-order valence-electron chi connectivity index (χ0n) is 15.8. The monoisotopic (exact) mass is 361 g/mol. The lowest BCUT2D eigenvalue weighted by Gasteiger charge is -2.40. The topological polar surface area (TPSA) is 68.6 Å². The molecule has 0 aromatic rings. The highest BCUT2D eigenvalue weighted by molar-refractivity contribution is 7.25. The summed E-state index contributed by atoms with van der Waals surface area (Å²) in [6.45, 7) is 11.8. The summed E-state index contributed by atoms with van der Waals surface area (Å²) < 4.78 is 11.2. The molecule has 0 heterocycles. The van der Waals surface area contributed by atoms with Crippen LogP contribution in [0.25, 0.3) is 0 Å². The molecule has 140 valence electrons. The number of esters is 1. The smallest absolute Gasteiger partial charge is 0.305 e. The zero-order valence-corrected chi connectivity index (χ0v) is 16.8. The lowest BCUT2D eigenvalue weighted by atomic mass is 10.2. The van der Waals surface area contributed by atoms with Crippen LogP contribution in [0.2, 0.25) is 0 Å². The van der Waals surface area contributed by atoms with Crippen LogP contribution in [-0.4, -0.2) is 42.3 Å². The largest absolute Gasteiger partial charge is 0.466 e. The molecular weight excluding hydrogens is 327 g/mol. The highest BCUT2D eigenvalue weighted by atomic mass is 31.1. The van der Waals surface area contributed by atoms with Crippen molar-refractivity contribution in [1.82, 2.24) is 0 Å². The van der Waals surface area contributed by atoms with E-state index >= 15 is 0 Å². The first-order chi connectivity index (χ1) is 11.4.